The Bertz CT molecular complexity index is 2480. The Labute approximate surface area is 591 Å². The minimum atomic E-state index is -0.0856. The van der Waals surface area contributed by atoms with E-state index in [1.807, 2.05) is 0 Å². The first kappa shape index (κ1) is 77.6. The molecule has 0 aliphatic heterocycles. The predicted octanol–water partition coefficient (Wildman–Crippen LogP) is 31.2. The normalized spacial score (nSPS) is 13.7. The van der Waals surface area contributed by atoms with Gasteiger partial charge in [-0.1, -0.05) is 387 Å². The number of fused-ring (bicyclic) bond motifs is 10. The van der Waals surface area contributed by atoms with Crippen molar-refractivity contribution in [3.05, 3.63) is 55.5 Å². The third-order valence-electron chi connectivity index (χ3n) is 22.6. The summed E-state index contributed by atoms with van der Waals surface area (Å²) in [5.74, 6) is 0. The van der Waals surface area contributed by atoms with Gasteiger partial charge in [-0.2, -0.15) is 17.5 Å². The number of nitrogens with zero attached hydrogens (tertiary/aromatic N) is 4. The lowest BCUT2D eigenvalue weighted by atomic mass is 9.68. The van der Waals surface area contributed by atoms with Crippen LogP contribution in [0.1, 0.15) is 435 Å². The number of halogens is 2. The fourth-order valence-electron chi connectivity index (χ4n) is 17.0. The first-order valence-corrected chi connectivity index (χ1v) is 43.6. The molecule has 4 nitrogen and oxygen atoms in total. The van der Waals surface area contributed by atoms with E-state index < -0.39 is 0 Å². The van der Waals surface area contributed by atoms with Crippen LogP contribution in [0.3, 0.4) is 0 Å². The number of unbranched alkanes of at least 4 members (excludes halogenated alkanes) is 52. The molecule has 0 saturated heterocycles. The third-order valence-corrected chi connectivity index (χ3v) is 24.8. The second-order valence-corrected chi connectivity index (χ2v) is 32.7. The first-order valence-electron chi connectivity index (χ1n) is 40.6. The topological polar surface area (TPSA) is 51.6 Å². The first-order chi connectivity index (χ1) is 45.5. The lowest BCUT2D eigenvalue weighted by Gasteiger charge is -2.35. The molecule has 0 bridgehead atoms. The van der Waals surface area contributed by atoms with Crippen LogP contribution in [0.4, 0.5) is 0 Å². The molecule has 0 N–H and O–H groups in total. The third kappa shape index (κ3) is 24.3. The molecule has 0 fully saturated rings. The summed E-state index contributed by atoms with van der Waals surface area (Å²) in [6, 6.07) is 10.7. The molecular weight excluding hydrogens is 1290 g/mol. The van der Waals surface area contributed by atoms with Gasteiger partial charge in [-0.05, 0) is 115 Å². The number of hydrogen-bond acceptors (Lipinski definition) is 6. The number of aromatic nitrogens is 4. The lowest BCUT2D eigenvalue weighted by Crippen LogP contribution is -2.27. The Morgan fingerprint density at radius 2 is 0.424 bits per heavy atom. The molecule has 2 aromatic heterocycles. The maximum absolute atomic E-state index is 5.29. The van der Waals surface area contributed by atoms with E-state index in [4.69, 9.17) is 17.5 Å². The maximum atomic E-state index is 5.29. The molecule has 2 heterocycles. The van der Waals surface area contributed by atoms with Gasteiger partial charge in [-0.3, -0.25) is 0 Å². The van der Waals surface area contributed by atoms with Gasteiger partial charge >= 0.3 is 0 Å². The summed E-state index contributed by atoms with van der Waals surface area (Å²) in [4.78, 5) is 0. The zero-order chi connectivity index (χ0) is 64.6. The molecule has 92 heavy (non-hydrogen) atoms. The Hall–Kier alpha value is -1.74. The Kier molecular flexibility index (Phi) is 39.2. The SMILES string of the molecule is CCCCCCCCCCCCCCCCC1(CCCCCCCCCCCCCCCC)c2cc3c(cc2-c2c1cc(Br)c1nsnc21)C(CCCCCCCCCCCCCCCC)(CCCCCCCCCCCCCCCC)c1cc(Br)c2nsnc2c1-3. The van der Waals surface area contributed by atoms with Gasteiger partial charge in [-0.25, -0.2) is 0 Å². The highest BCUT2D eigenvalue weighted by Crippen LogP contribution is 2.63. The van der Waals surface area contributed by atoms with E-state index in [0.717, 1.165) is 31.0 Å². The quantitative estimate of drug-likeness (QED) is 0.0364. The van der Waals surface area contributed by atoms with Crippen LogP contribution in [0.5, 0.6) is 0 Å². The van der Waals surface area contributed by atoms with Crippen molar-refractivity contribution < 1.29 is 0 Å². The van der Waals surface area contributed by atoms with Crippen molar-refractivity contribution in [1.29, 1.82) is 0 Å². The molecule has 5 aromatic rings. The fraction of sp³-hybridized carbons (Fsp3) is 0.786. The maximum Gasteiger partial charge on any atom is 0.119 e. The number of rotatable bonds is 60. The number of hydrogen-bond donors (Lipinski definition) is 0. The van der Waals surface area contributed by atoms with Crippen molar-refractivity contribution >= 4 is 77.4 Å². The second kappa shape index (κ2) is 46.5. The summed E-state index contributed by atoms with van der Waals surface area (Å²) >= 11 is 11.2. The summed E-state index contributed by atoms with van der Waals surface area (Å²) < 4.78 is 22.9. The van der Waals surface area contributed by atoms with Crippen LogP contribution in [-0.2, 0) is 10.8 Å². The van der Waals surface area contributed by atoms with Crippen LogP contribution in [0, 0.1) is 0 Å². The highest BCUT2D eigenvalue weighted by Gasteiger charge is 2.50. The van der Waals surface area contributed by atoms with Crippen LogP contribution in [0.15, 0.2) is 33.2 Å². The Balaban J connectivity index is 1.14. The average molecular weight is 1430 g/mol. The highest BCUT2D eigenvalue weighted by molar-refractivity contribution is 9.11. The average Bonchev–Trinajstić information content (AvgIpc) is 1.52. The van der Waals surface area contributed by atoms with Crippen molar-refractivity contribution in [2.45, 2.75) is 424 Å². The van der Waals surface area contributed by atoms with Crippen molar-refractivity contribution in [3.63, 3.8) is 0 Å². The molecule has 0 atom stereocenters. The zero-order valence-corrected chi connectivity index (χ0v) is 64.9. The molecule has 0 spiro atoms. The lowest BCUT2D eigenvalue weighted by molar-refractivity contribution is 0.393. The second-order valence-electron chi connectivity index (χ2n) is 30.0. The fourth-order valence-corrected chi connectivity index (χ4v) is 19.4. The summed E-state index contributed by atoms with van der Waals surface area (Å²) in [5, 5.41) is 0. The van der Waals surface area contributed by atoms with E-state index in [1.54, 1.807) is 11.1 Å². The highest BCUT2D eigenvalue weighted by atomic mass is 79.9. The molecule has 0 unspecified atom stereocenters. The molecule has 518 valence electrons. The van der Waals surface area contributed by atoms with Crippen LogP contribution < -0.4 is 0 Å². The van der Waals surface area contributed by atoms with Crippen LogP contribution >= 0.6 is 55.3 Å². The minimum absolute atomic E-state index is 0.0856. The summed E-state index contributed by atoms with van der Waals surface area (Å²) in [6.45, 7) is 9.31. The van der Waals surface area contributed by atoms with Gasteiger partial charge in [-0.15, -0.1) is 0 Å². The molecule has 0 saturated carbocycles. The van der Waals surface area contributed by atoms with Gasteiger partial charge in [0.2, 0.25) is 0 Å². The smallest absolute Gasteiger partial charge is 0.119 e. The molecule has 2 aliphatic rings. The molecule has 2 aliphatic carbocycles. The van der Waals surface area contributed by atoms with Crippen LogP contribution in [0.2, 0.25) is 0 Å². The van der Waals surface area contributed by atoms with Crippen LogP contribution in [0.25, 0.3) is 44.3 Å². The molecule has 8 heteroatoms. The summed E-state index contributed by atoms with van der Waals surface area (Å²) in [5.41, 5.74) is 16.2. The van der Waals surface area contributed by atoms with Crippen molar-refractivity contribution in [3.8, 4) is 22.3 Å². The molecule has 7 rings (SSSR count). The largest absolute Gasteiger partial charge is 0.172 e. The summed E-state index contributed by atoms with van der Waals surface area (Å²) in [6.07, 6.45) is 82.7. The van der Waals surface area contributed by atoms with Crippen molar-refractivity contribution in [1.82, 2.24) is 17.5 Å². The van der Waals surface area contributed by atoms with E-state index in [9.17, 15) is 0 Å². The number of benzene rings is 3. The van der Waals surface area contributed by atoms with Gasteiger partial charge < -0.3 is 0 Å². The molecular formula is C84H136Br2N4S2. The van der Waals surface area contributed by atoms with Gasteiger partial charge in [0.05, 0.1) is 23.5 Å². The monoisotopic (exact) mass is 1420 g/mol. The zero-order valence-electron chi connectivity index (χ0n) is 60.1. The standard InChI is InChI=1S/C84H136Br2N4S2/c1-5-9-13-17-21-25-29-33-37-41-45-49-53-57-61-83(62-58-54-50-46-42-38-34-30-26-22-18-14-10-6-2)71-65-70-72(66-69(71)77-73(83)67-75(85)79-81(77)89-91-87-79)84(74-68-76(86)80-82(78(70)74)90-92-88-80,63-59-55-51-47-43-39-35-31-27-23-19-15-11-7-3)64-60-56-52-48-44-40-36-32-28-24-20-16-12-8-4/h65-68H,5-64H2,1-4H3. The van der Waals surface area contributed by atoms with Crippen molar-refractivity contribution in [2.75, 3.05) is 0 Å². The van der Waals surface area contributed by atoms with Crippen molar-refractivity contribution in [2.24, 2.45) is 0 Å². The van der Waals surface area contributed by atoms with Gasteiger partial charge in [0, 0.05) is 30.9 Å². The van der Waals surface area contributed by atoms with Crippen LogP contribution in [-0.4, -0.2) is 17.5 Å². The van der Waals surface area contributed by atoms with E-state index in [0.29, 0.717) is 0 Å². The Morgan fingerprint density at radius 3 is 0.630 bits per heavy atom. The molecule has 3 aromatic carbocycles. The van der Waals surface area contributed by atoms with E-state index >= 15 is 0 Å². The van der Waals surface area contributed by atoms with E-state index in [2.05, 4.69) is 83.8 Å². The minimum Gasteiger partial charge on any atom is -0.172 e. The van der Waals surface area contributed by atoms with Gasteiger partial charge in [0.15, 0.2) is 0 Å². The predicted molar refractivity (Wildman–Crippen MR) is 416 cm³/mol. The molecule has 0 radical (unpaired) electrons. The van der Waals surface area contributed by atoms with Gasteiger partial charge in [0.25, 0.3) is 0 Å². The Morgan fingerprint density at radius 1 is 0.239 bits per heavy atom. The summed E-state index contributed by atoms with van der Waals surface area (Å²) in [7, 11) is 0. The van der Waals surface area contributed by atoms with E-state index in [-0.39, 0.29) is 10.8 Å². The van der Waals surface area contributed by atoms with Gasteiger partial charge in [0.1, 0.15) is 22.1 Å². The van der Waals surface area contributed by atoms with E-state index in [1.165, 1.54) is 442 Å². The molecule has 0 amide bonds.